The highest BCUT2D eigenvalue weighted by atomic mass is 16.5. The Kier molecular flexibility index (Phi) is 3.75. The second kappa shape index (κ2) is 5.28. The van der Waals surface area contributed by atoms with Crippen LogP contribution >= 0.6 is 0 Å². The van der Waals surface area contributed by atoms with E-state index in [2.05, 4.69) is 21.8 Å². The summed E-state index contributed by atoms with van der Waals surface area (Å²) in [4.78, 5) is 4.11. The SMILES string of the molecule is CCn1cncc1COCC1CCCN1. The number of hydrogen-bond donors (Lipinski definition) is 1. The molecule has 0 aromatic carbocycles. The molecule has 0 bridgehead atoms. The van der Waals surface area contributed by atoms with E-state index in [0.29, 0.717) is 12.6 Å². The minimum absolute atomic E-state index is 0.558. The van der Waals surface area contributed by atoms with Crippen molar-refractivity contribution in [2.24, 2.45) is 0 Å². The Hall–Kier alpha value is -0.870. The molecule has 1 unspecified atom stereocenters. The van der Waals surface area contributed by atoms with E-state index < -0.39 is 0 Å². The summed E-state index contributed by atoms with van der Waals surface area (Å²) < 4.78 is 7.79. The second-order valence-electron chi connectivity index (χ2n) is 3.98. The molecule has 0 amide bonds. The third kappa shape index (κ3) is 2.79. The van der Waals surface area contributed by atoms with Gasteiger partial charge in [0.15, 0.2) is 0 Å². The van der Waals surface area contributed by atoms with Gasteiger partial charge in [-0.2, -0.15) is 0 Å². The molecule has 2 heterocycles. The third-order valence-electron chi connectivity index (χ3n) is 2.87. The van der Waals surface area contributed by atoms with Gasteiger partial charge in [-0.3, -0.25) is 0 Å². The first-order chi connectivity index (χ1) is 7.40. The summed E-state index contributed by atoms with van der Waals surface area (Å²) in [6, 6.07) is 0.558. The van der Waals surface area contributed by atoms with Gasteiger partial charge in [0.25, 0.3) is 0 Å². The first-order valence-corrected chi connectivity index (χ1v) is 5.70. The van der Waals surface area contributed by atoms with Crippen molar-refractivity contribution in [1.82, 2.24) is 14.9 Å². The molecule has 15 heavy (non-hydrogen) atoms. The standard InChI is InChI=1S/C11H19N3O/c1-2-14-9-12-6-11(14)8-15-7-10-4-3-5-13-10/h6,9-10,13H,2-5,7-8H2,1H3. The Labute approximate surface area is 90.6 Å². The Bertz CT molecular complexity index is 292. The van der Waals surface area contributed by atoms with Crippen LogP contribution in [0.15, 0.2) is 12.5 Å². The largest absolute Gasteiger partial charge is 0.374 e. The van der Waals surface area contributed by atoms with Crippen molar-refractivity contribution < 1.29 is 4.74 Å². The topological polar surface area (TPSA) is 39.1 Å². The summed E-state index contributed by atoms with van der Waals surface area (Å²) in [5, 5.41) is 3.42. The Balaban J connectivity index is 1.73. The molecule has 1 saturated heterocycles. The van der Waals surface area contributed by atoms with Crippen LogP contribution in [0.4, 0.5) is 0 Å². The van der Waals surface area contributed by atoms with Crippen LogP contribution in [0, 0.1) is 0 Å². The summed E-state index contributed by atoms with van der Waals surface area (Å²) in [5.74, 6) is 0. The fourth-order valence-corrected chi connectivity index (χ4v) is 1.96. The monoisotopic (exact) mass is 209 g/mol. The number of nitrogens with one attached hydrogen (secondary N) is 1. The number of ether oxygens (including phenoxy) is 1. The first kappa shape index (κ1) is 10.6. The van der Waals surface area contributed by atoms with Gasteiger partial charge in [0.1, 0.15) is 0 Å². The molecule has 0 aliphatic carbocycles. The molecular formula is C11H19N3O. The van der Waals surface area contributed by atoms with Crippen LogP contribution < -0.4 is 5.32 Å². The summed E-state index contributed by atoms with van der Waals surface area (Å²) in [5.41, 5.74) is 1.16. The lowest BCUT2D eigenvalue weighted by molar-refractivity contribution is 0.0989. The number of aromatic nitrogens is 2. The zero-order valence-corrected chi connectivity index (χ0v) is 9.28. The second-order valence-corrected chi connectivity index (χ2v) is 3.98. The van der Waals surface area contributed by atoms with Crippen molar-refractivity contribution in [3.05, 3.63) is 18.2 Å². The van der Waals surface area contributed by atoms with Crippen molar-refractivity contribution in [2.75, 3.05) is 13.2 Å². The molecule has 4 heteroatoms. The predicted octanol–water partition coefficient (Wildman–Crippen LogP) is 1.17. The molecule has 0 radical (unpaired) electrons. The van der Waals surface area contributed by atoms with Crippen molar-refractivity contribution in [1.29, 1.82) is 0 Å². The fraction of sp³-hybridized carbons (Fsp3) is 0.727. The lowest BCUT2D eigenvalue weighted by Gasteiger charge is -2.11. The highest BCUT2D eigenvalue weighted by Crippen LogP contribution is 2.07. The van der Waals surface area contributed by atoms with E-state index in [4.69, 9.17) is 4.74 Å². The van der Waals surface area contributed by atoms with Crippen molar-refractivity contribution in [3.63, 3.8) is 0 Å². The molecule has 1 N–H and O–H groups in total. The first-order valence-electron chi connectivity index (χ1n) is 5.70. The molecule has 84 valence electrons. The highest BCUT2D eigenvalue weighted by Gasteiger charge is 2.13. The average Bonchev–Trinajstić information content (AvgIpc) is 2.88. The number of aryl methyl sites for hydroxylation is 1. The van der Waals surface area contributed by atoms with Gasteiger partial charge in [-0.15, -0.1) is 0 Å². The zero-order chi connectivity index (χ0) is 10.5. The predicted molar refractivity (Wildman–Crippen MR) is 58.6 cm³/mol. The van der Waals surface area contributed by atoms with Gasteiger partial charge < -0.3 is 14.6 Å². The molecule has 0 spiro atoms. The normalized spacial score (nSPS) is 21.0. The Morgan fingerprint density at radius 2 is 2.60 bits per heavy atom. The van der Waals surface area contributed by atoms with Crippen LogP contribution in [0.5, 0.6) is 0 Å². The van der Waals surface area contributed by atoms with Gasteiger partial charge in [0, 0.05) is 12.6 Å². The summed E-state index contributed by atoms with van der Waals surface area (Å²) in [7, 11) is 0. The van der Waals surface area contributed by atoms with Crippen LogP contribution in [-0.4, -0.2) is 28.7 Å². The van der Waals surface area contributed by atoms with E-state index in [9.17, 15) is 0 Å². The molecule has 0 saturated carbocycles. The lowest BCUT2D eigenvalue weighted by atomic mass is 10.2. The van der Waals surface area contributed by atoms with Gasteiger partial charge in [-0.25, -0.2) is 4.98 Å². The molecule has 4 nitrogen and oxygen atoms in total. The molecule has 1 aliphatic heterocycles. The smallest absolute Gasteiger partial charge is 0.0948 e. The van der Waals surface area contributed by atoms with E-state index >= 15 is 0 Å². The van der Waals surface area contributed by atoms with Gasteiger partial charge in [-0.1, -0.05) is 0 Å². The van der Waals surface area contributed by atoms with Crippen LogP contribution in [0.3, 0.4) is 0 Å². The number of rotatable bonds is 5. The number of imidazole rings is 1. The molecule has 1 aromatic heterocycles. The van der Waals surface area contributed by atoms with E-state index in [0.717, 1.165) is 25.4 Å². The van der Waals surface area contributed by atoms with Crippen molar-refractivity contribution in [3.8, 4) is 0 Å². The van der Waals surface area contributed by atoms with E-state index in [1.807, 2.05) is 12.5 Å². The maximum absolute atomic E-state index is 5.68. The van der Waals surface area contributed by atoms with Gasteiger partial charge in [0.05, 0.1) is 31.4 Å². The van der Waals surface area contributed by atoms with Gasteiger partial charge in [-0.05, 0) is 26.3 Å². The van der Waals surface area contributed by atoms with Gasteiger partial charge >= 0.3 is 0 Å². The number of nitrogens with zero attached hydrogens (tertiary/aromatic N) is 2. The molecule has 1 fully saturated rings. The maximum Gasteiger partial charge on any atom is 0.0948 e. The Morgan fingerprint density at radius 1 is 1.67 bits per heavy atom. The van der Waals surface area contributed by atoms with Crippen molar-refractivity contribution >= 4 is 0 Å². The molecule has 1 aliphatic rings. The van der Waals surface area contributed by atoms with Crippen LogP contribution in [0.1, 0.15) is 25.5 Å². The van der Waals surface area contributed by atoms with Crippen LogP contribution in [0.2, 0.25) is 0 Å². The van der Waals surface area contributed by atoms with Gasteiger partial charge in [0.2, 0.25) is 0 Å². The average molecular weight is 209 g/mol. The summed E-state index contributed by atoms with van der Waals surface area (Å²) in [6.07, 6.45) is 6.26. The van der Waals surface area contributed by atoms with E-state index in [1.165, 1.54) is 12.8 Å². The van der Waals surface area contributed by atoms with E-state index in [1.54, 1.807) is 0 Å². The minimum atomic E-state index is 0.558. The lowest BCUT2D eigenvalue weighted by Crippen LogP contribution is -2.26. The van der Waals surface area contributed by atoms with Crippen molar-refractivity contribution in [2.45, 2.75) is 39.0 Å². The quantitative estimate of drug-likeness (QED) is 0.791. The molecule has 2 rings (SSSR count). The fourth-order valence-electron chi connectivity index (χ4n) is 1.96. The Morgan fingerprint density at radius 3 is 3.33 bits per heavy atom. The summed E-state index contributed by atoms with van der Waals surface area (Å²) in [6.45, 7) is 5.70. The van der Waals surface area contributed by atoms with Crippen LogP contribution in [0.25, 0.3) is 0 Å². The third-order valence-corrected chi connectivity index (χ3v) is 2.87. The van der Waals surface area contributed by atoms with E-state index in [-0.39, 0.29) is 0 Å². The summed E-state index contributed by atoms with van der Waals surface area (Å²) >= 11 is 0. The molecule has 1 atom stereocenters. The number of hydrogen-bond acceptors (Lipinski definition) is 3. The highest BCUT2D eigenvalue weighted by molar-refractivity contribution is 4.96. The zero-order valence-electron chi connectivity index (χ0n) is 9.28. The molecule has 1 aromatic rings. The maximum atomic E-state index is 5.68. The molecular weight excluding hydrogens is 190 g/mol. The van der Waals surface area contributed by atoms with Crippen LogP contribution in [-0.2, 0) is 17.9 Å². The minimum Gasteiger partial charge on any atom is -0.374 e.